The minimum atomic E-state index is -0.782. The molecule has 4 aromatic heterocycles. The van der Waals surface area contributed by atoms with Crippen molar-refractivity contribution in [2.24, 2.45) is 0 Å². The van der Waals surface area contributed by atoms with Gasteiger partial charge in [0.2, 0.25) is 11.9 Å². The van der Waals surface area contributed by atoms with Crippen LogP contribution in [0, 0.1) is 17.7 Å². The van der Waals surface area contributed by atoms with Crippen molar-refractivity contribution in [3.63, 3.8) is 0 Å². The first kappa shape index (κ1) is 19.7. The van der Waals surface area contributed by atoms with Gasteiger partial charge in [-0.1, -0.05) is 0 Å². The van der Waals surface area contributed by atoms with Crippen LogP contribution in [0.3, 0.4) is 0 Å². The third-order valence-electron chi connectivity index (χ3n) is 3.89. The largest absolute Gasteiger partial charge is 0.360 e. The molecule has 0 radical (unpaired) electrons. The maximum Gasteiger partial charge on any atom is 0.222 e. The maximum absolute atomic E-state index is 13.4. The third kappa shape index (κ3) is 4.29. The summed E-state index contributed by atoms with van der Waals surface area (Å²) in [5.41, 5.74) is 1.21. The fraction of sp³-hybridized carbons (Fsp3) is 0. The predicted molar refractivity (Wildman–Crippen MR) is 98.7 cm³/mol. The van der Waals surface area contributed by atoms with Crippen LogP contribution in [-0.2, 0) is 0 Å². The number of hydrogen-bond donors (Lipinski definition) is 2. The van der Waals surface area contributed by atoms with Crippen molar-refractivity contribution >= 4 is 12.6 Å². The standard InChI is InChI=1S/C10H6F2N2O.C10H7FN2O/c11-8-6(5-15)4-14-9(8)7-2-1-3-13-10(7)12;11-10-8(2-1-3-12-10)9-4-7(6-14)5-13-9/h1-5,14H;1-6,13H. The summed E-state index contributed by atoms with van der Waals surface area (Å²) in [6, 6.07) is 7.68. The summed E-state index contributed by atoms with van der Waals surface area (Å²) >= 11 is 0. The van der Waals surface area contributed by atoms with Gasteiger partial charge in [0.05, 0.1) is 28.1 Å². The van der Waals surface area contributed by atoms with Crippen LogP contribution in [-0.4, -0.2) is 32.5 Å². The molecule has 29 heavy (non-hydrogen) atoms. The number of aromatic nitrogens is 4. The Hall–Kier alpha value is -4.01. The number of carbonyl (C=O) groups excluding carboxylic acids is 2. The number of aldehydes is 2. The summed E-state index contributed by atoms with van der Waals surface area (Å²) in [6.45, 7) is 0. The topological polar surface area (TPSA) is 91.5 Å². The van der Waals surface area contributed by atoms with Gasteiger partial charge >= 0.3 is 0 Å². The fourth-order valence-corrected chi connectivity index (χ4v) is 2.50. The lowest BCUT2D eigenvalue weighted by atomic mass is 10.2. The van der Waals surface area contributed by atoms with E-state index in [1.54, 1.807) is 18.2 Å². The monoisotopic (exact) mass is 398 g/mol. The normalized spacial score (nSPS) is 10.2. The van der Waals surface area contributed by atoms with Gasteiger partial charge in [-0.25, -0.2) is 14.4 Å². The fourth-order valence-electron chi connectivity index (χ4n) is 2.50. The number of H-pyrrole nitrogens is 2. The van der Waals surface area contributed by atoms with Gasteiger partial charge in [0, 0.05) is 30.4 Å². The molecule has 0 aromatic carbocycles. The van der Waals surface area contributed by atoms with Gasteiger partial charge in [0.15, 0.2) is 18.4 Å². The molecule has 0 amide bonds. The molecule has 4 rings (SSSR count). The summed E-state index contributed by atoms with van der Waals surface area (Å²) in [5, 5.41) is 0. The lowest BCUT2D eigenvalue weighted by Gasteiger charge is -1.98. The molecule has 0 saturated carbocycles. The molecule has 0 spiro atoms. The van der Waals surface area contributed by atoms with Crippen LogP contribution < -0.4 is 0 Å². The van der Waals surface area contributed by atoms with E-state index in [0.29, 0.717) is 29.4 Å². The number of rotatable bonds is 4. The second-order valence-corrected chi connectivity index (χ2v) is 5.70. The van der Waals surface area contributed by atoms with Crippen molar-refractivity contribution in [2.75, 3.05) is 0 Å². The number of nitrogens with zero attached hydrogens (tertiary/aromatic N) is 2. The van der Waals surface area contributed by atoms with E-state index in [1.165, 1.54) is 36.9 Å². The minimum absolute atomic E-state index is 0.00287. The Kier molecular flexibility index (Phi) is 5.98. The summed E-state index contributed by atoms with van der Waals surface area (Å²) in [6.07, 6.45) is 6.42. The number of aromatic amines is 2. The Labute approximate surface area is 162 Å². The number of nitrogens with one attached hydrogen (secondary N) is 2. The molecule has 0 unspecified atom stereocenters. The lowest BCUT2D eigenvalue weighted by molar-refractivity contribution is 0.111. The van der Waals surface area contributed by atoms with E-state index >= 15 is 0 Å². The van der Waals surface area contributed by atoms with Gasteiger partial charge in [-0.15, -0.1) is 0 Å². The van der Waals surface area contributed by atoms with Crippen LogP contribution in [0.5, 0.6) is 0 Å². The zero-order valence-corrected chi connectivity index (χ0v) is 14.7. The SMILES string of the molecule is O=Cc1c[nH]c(-c2cccnc2F)c1.O=Cc1c[nH]c(-c2cccnc2F)c1F. The molecule has 146 valence electrons. The Morgan fingerprint density at radius 3 is 2.00 bits per heavy atom. The molecule has 0 atom stereocenters. The second-order valence-electron chi connectivity index (χ2n) is 5.70. The molecule has 0 aliphatic carbocycles. The first-order chi connectivity index (χ1) is 14.0. The Bertz CT molecular complexity index is 1150. The Balaban J connectivity index is 0.000000166. The molecule has 4 aromatic rings. The summed E-state index contributed by atoms with van der Waals surface area (Å²) < 4.78 is 39.8. The van der Waals surface area contributed by atoms with Crippen LogP contribution in [0.25, 0.3) is 22.5 Å². The summed E-state index contributed by atoms with van der Waals surface area (Å²) in [5.74, 6) is -2.10. The highest BCUT2D eigenvalue weighted by molar-refractivity contribution is 5.79. The van der Waals surface area contributed by atoms with Crippen LogP contribution in [0.15, 0.2) is 55.1 Å². The molecule has 0 fully saturated rings. The molecule has 0 aliphatic heterocycles. The smallest absolute Gasteiger partial charge is 0.222 e. The lowest BCUT2D eigenvalue weighted by Crippen LogP contribution is -1.90. The first-order valence-electron chi connectivity index (χ1n) is 8.22. The number of halogens is 3. The molecule has 6 nitrogen and oxygen atoms in total. The Morgan fingerprint density at radius 2 is 1.48 bits per heavy atom. The molecule has 2 N–H and O–H groups in total. The van der Waals surface area contributed by atoms with E-state index in [9.17, 15) is 22.8 Å². The summed E-state index contributed by atoms with van der Waals surface area (Å²) in [4.78, 5) is 33.0. The van der Waals surface area contributed by atoms with Crippen LogP contribution in [0.4, 0.5) is 13.2 Å². The highest BCUT2D eigenvalue weighted by Gasteiger charge is 2.15. The molecule has 0 saturated heterocycles. The molecule has 0 bridgehead atoms. The van der Waals surface area contributed by atoms with E-state index in [4.69, 9.17) is 0 Å². The van der Waals surface area contributed by atoms with Gasteiger partial charge in [-0.2, -0.15) is 8.78 Å². The molecule has 4 heterocycles. The number of carbonyl (C=O) groups is 2. The maximum atomic E-state index is 13.4. The van der Waals surface area contributed by atoms with Gasteiger partial charge in [-0.3, -0.25) is 9.59 Å². The zero-order chi connectivity index (χ0) is 20.8. The number of pyridine rings is 2. The van der Waals surface area contributed by atoms with Gasteiger partial charge in [-0.05, 0) is 30.3 Å². The quantitative estimate of drug-likeness (QED) is 0.398. The van der Waals surface area contributed by atoms with Gasteiger partial charge in [0.1, 0.15) is 0 Å². The van der Waals surface area contributed by atoms with Crippen molar-refractivity contribution in [3.8, 4) is 22.5 Å². The van der Waals surface area contributed by atoms with E-state index in [2.05, 4.69) is 19.9 Å². The van der Waals surface area contributed by atoms with Crippen molar-refractivity contribution in [2.45, 2.75) is 0 Å². The zero-order valence-electron chi connectivity index (χ0n) is 14.7. The van der Waals surface area contributed by atoms with Crippen molar-refractivity contribution in [3.05, 3.63) is 84.0 Å². The van der Waals surface area contributed by atoms with Crippen molar-refractivity contribution in [1.29, 1.82) is 0 Å². The second kappa shape index (κ2) is 8.79. The van der Waals surface area contributed by atoms with Crippen LogP contribution >= 0.6 is 0 Å². The molecular formula is C20H13F3N4O2. The van der Waals surface area contributed by atoms with Crippen molar-refractivity contribution in [1.82, 2.24) is 19.9 Å². The minimum Gasteiger partial charge on any atom is -0.360 e. The van der Waals surface area contributed by atoms with E-state index in [-0.39, 0.29) is 16.8 Å². The summed E-state index contributed by atoms with van der Waals surface area (Å²) in [7, 11) is 0. The average Bonchev–Trinajstić information content (AvgIpc) is 3.36. The van der Waals surface area contributed by atoms with Crippen molar-refractivity contribution < 1.29 is 22.8 Å². The predicted octanol–water partition coefficient (Wildman–Crippen LogP) is 4.20. The van der Waals surface area contributed by atoms with Crippen LogP contribution in [0.2, 0.25) is 0 Å². The van der Waals surface area contributed by atoms with E-state index in [0.717, 1.165) is 0 Å². The first-order valence-corrected chi connectivity index (χ1v) is 8.22. The third-order valence-corrected chi connectivity index (χ3v) is 3.89. The Morgan fingerprint density at radius 1 is 0.828 bits per heavy atom. The van der Waals surface area contributed by atoms with Crippen LogP contribution in [0.1, 0.15) is 20.7 Å². The highest BCUT2D eigenvalue weighted by atomic mass is 19.1. The molecule has 0 aliphatic rings. The number of hydrogen-bond acceptors (Lipinski definition) is 4. The average molecular weight is 398 g/mol. The van der Waals surface area contributed by atoms with Gasteiger partial charge < -0.3 is 9.97 Å². The highest BCUT2D eigenvalue weighted by Crippen LogP contribution is 2.24. The molecule has 9 heteroatoms. The van der Waals surface area contributed by atoms with Gasteiger partial charge in [0.25, 0.3) is 0 Å². The molecular weight excluding hydrogens is 385 g/mol. The van der Waals surface area contributed by atoms with E-state index in [1.807, 2.05) is 0 Å². The van der Waals surface area contributed by atoms with E-state index < -0.39 is 17.7 Å².